The lowest BCUT2D eigenvalue weighted by Crippen LogP contribution is -2.43. The van der Waals surface area contributed by atoms with E-state index in [1.807, 2.05) is 6.92 Å². The van der Waals surface area contributed by atoms with Crippen molar-refractivity contribution in [3.63, 3.8) is 0 Å². The molecule has 7 heteroatoms. The molecule has 1 aromatic rings. The van der Waals surface area contributed by atoms with Gasteiger partial charge in [0, 0.05) is 38.4 Å². The topological polar surface area (TPSA) is 66.7 Å². The van der Waals surface area contributed by atoms with Crippen LogP contribution < -0.4 is 10.6 Å². The molecule has 136 valence electrons. The van der Waals surface area contributed by atoms with Crippen molar-refractivity contribution in [2.75, 3.05) is 46.4 Å². The Balaban J connectivity index is 1.73. The maximum atomic E-state index is 5.76. The van der Waals surface area contributed by atoms with Crippen LogP contribution in [0.25, 0.3) is 0 Å². The number of hydrogen-bond donors (Lipinski definition) is 2. The van der Waals surface area contributed by atoms with E-state index in [2.05, 4.69) is 57.3 Å². The third-order valence-electron chi connectivity index (χ3n) is 4.08. The van der Waals surface area contributed by atoms with Gasteiger partial charge in [-0.3, -0.25) is 9.67 Å². The largest absolute Gasteiger partial charge is 0.374 e. The molecule has 7 nitrogen and oxygen atoms in total. The standard InChI is InChI=1S/C17H32N6O/c1-5-18-17(20-12-16-13-22(4)9-10-24-16)19-7-6-8-23-15(3)11-14(2)21-23/h11,16H,5-10,12-13H2,1-4H3,(H2,18,19,20). The van der Waals surface area contributed by atoms with Crippen LogP contribution in [0.2, 0.25) is 0 Å². The van der Waals surface area contributed by atoms with Gasteiger partial charge in [-0.05, 0) is 40.3 Å². The SMILES string of the molecule is CCNC(=NCC1CN(C)CCO1)NCCCn1nc(C)cc1C. The molecular formula is C17H32N6O. The molecule has 24 heavy (non-hydrogen) atoms. The first-order chi connectivity index (χ1) is 11.6. The minimum Gasteiger partial charge on any atom is -0.374 e. The summed E-state index contributed by atoms with van der Waals surface area (Å²) in [4.78, 5) is 6.95. The minimum atomic E-state index is 0.189. The van der Waals surface area contributed by atoms with Crippen LogP contribution in [0.3, 0.4) is 0 Å². The maximum absolute atomic E-state index is 5.76. The predicted molar refractivity (Wildman–Crippen MR) is 97.5 cm³/mol. The number of nitrogens with zero attached hydrogens (tertiary/aromatic N) is 4. The molecule has 1 aliphatic heterocycles. The Bertz CT molecular complexity index is 527. The second-order valence-electron chi connectivity index (χ2n) is 6.41. The summed E-state index contributed by atoms with van der Waals surface area (Å²) in [5, 5.41) is 11.2. The molecule has 0 bridgehead atoms. The third kappa shape index (κ3) is 6.13. The van der Waals surface area contributed by atoms with E-state index < -0.39 is 0 Å². The summed E-state index contributed by atoms with van der Waals surface area (Å²) in [6.45, 7) is 12.3. The average Bonchev–Trinajstić information content (AvgIpc) is 2.87. The Morgan fingerprint density at radius 3 is 2.92 bits per heavy atom. The van der Waals surface area contributed by atoms with E-state index in [1.54, 1.807) is 0 Å². The van der Waals surface area contributed by atoms with Gasteiger partial charge >= 0.3 is 0 Å². The third-order valence-corrected chi connectivity index (χ3v) is 4.08. The van der Waals surface area contributed by atoms with Crippen LogP contribution in [0, 0.1) is 13.8 Å². The van der Waals surface area contributed by atoms with Crippen LogP contribution in [-0.2, 0) is 11.3 Å². The number of ether oxygens (including phenoxy) is 1. The number of aryl methyl sites for hydroxylation is 3. The van der Waals surface area contributed by atoms with E-state index in [0.717, 1.165) is 57.4 Å². The predicted octanol–water partition coefficient (Wildman–Crippen LogP) is 0.776. The number of morpholine rings is 1. The molecule has 1 fully saturated rings. The maximum Gasteiger partial charge on any atom is 0.191 e. The second kappa shape index (κ2) is 9.64. The highest BCUT2D eigenvalue weighted by Crippen LogP contribution is 2.03. The van der Waals surface area contributed by atoms with Crippen LogP contribution in [0.1, 0.15) is 24.7 Å². The molecule has 1 atom stereocenters. The zero-order valence-electron chi connectivity index (χ0n) is 15.5. The molecule has 1 unspecified atom stereocenters. The van der Waals surface area contributed by atoms with Gasteiger partial charge < -0.3 is 20.3 Å². The number of rotatable bonds is 7. The van der Waals surface area contributed by atoms with E-state index in [-0.39, 0.29) is 6.10 Å². The first-order valence-corrected chi connectivity index (χ1v) is 8.92. The summed E-state index contributed by atoms with van der Waals surface area (Å²) in [5.74, 6) is 0.864. The van der Waals surface area contributed by atoms with Crippen molar-refractivity contribution in [2.24, 2.45) is 4.99 Å². The van der Waals surface area contributed by atoms with Gasteiger partial charge in [-0.2, -0.15) is 5.10 Å². The summed E-state index contributed by atoms with van der Waals surface area (Å²) in [6.07, 6.45) is 1.20. The van der Waals surface area contributed by atoms with Gasteiger partial charge in [0.25, 0.3) is 0 Å². The molecule has 2 rings (SSSR count). The second-order valence-corrected chi connectivity index (χ2v) is 6.41. The minimum absolute atomic E-state index is 0.189. The van der Waals surface area contributed by atoms with Crippen LogP contribution in [0.4, 0.5) is 0 Å². The summed E-state index contributed by atoms with van der Waals surface area (Å²) in [5.41, 5.74) is 2.29. The van der Waals surface area contributed by atoms with E-state index in [9.17, 15) is 0 Å². The van der Waals surface area contributed by atoms with Crippen molar-refractivity contribution in [1.82, 2.24) is 25.3 Å². The molecule has 0 spiro atoms. The first-order valence-electron chi connectivity index (χ1n) is 8.92. The fourth-order valence-electron chi connectivity index (χ4n) is 2.85. The fourth-order valence-corrected chi connectivity index (χ4v) is 2.85. The van der Waals surface area contributed by atoms with Gasteiger partial charge in [0.1, 0.15) is 0 Å². The number of likely N-dealkylation sites (N-methyl/N-ethyl adjacent to an activating group) is 1. The number of aromatic nitrogens is 2. The van der Waals surface area contributed by atoms with Crippen LogP contribution in [-0.4, -0.2) is 73.1 Å². The lowest BCUT2D eigenvalue weighted by molar-refractivity contribution is -0.0136. The monoisotopic (exact) mass is 336 g/mol. The molecule has 1 saturated heterocycles. The Kier molecular flexibility index (Phi) is 7.52. The molecule has 0 saturated carbocycles. The highest BCUT2D eigenvalue weighted by Gasteiger charge is 2.17. The van der Waals surface area contributed by atoms with Crippen molar-refractivity contribution < 1.29 is 4.74 Å². The summed E-state index contributed by atoms with van der Waals surface area (Å²) in [6, 6.07) is 2.11. The van der Waals surface area contributed by atoms with E-state index in [0.29, 0.717) is 6.54 Å². The average molecular weight is 336 g/mol. The van der Waals surface area contributed by atoms with Gasteiger partial charge in [-0.25, -0.2) is 0 Å². The zero-order valence-corrected chi connectivity index (χ0v) is 15.5. The van der Waals surface area contributed by atoms with Gasteiger partial charge in [0.15, 0.2) is 5.96 Å². The molecule has 2 N–H and O–H groups in total. The number of aliphatic imine (C=N–C) groups is 1. The Hall–Kier alpha value is -1.60. The molecule has 1 aliphatic rings. The van der Waals surface area contributed by atoms with Crippen LogP contribution in [0.15, 0.2) is 11.1 Å². The van der Waals surface area contributed by atoms with Gasteiger partial charge in [0.2, 0.25) is 0 Å². The van der Waals surface area contributed by atoms with Crippen molar-refractivity contribution in [3.05, 3.63) is 17.5 Å². The smallest absolute Gasteiger partial charge is 0.191 e. The van der Waals surface area contributed by atoms with Gasteiger partial charge in [0.05, 0.1) is 24.9 Å². The van der Waals surface area contributed by atoms with E-state index in [1.165, 1.54) is 5.69 Å². The van der Waals surface area contributed by atoms with Gasteiger partial charge in [-0.1, -0.05) is 0 Å². The highest BCUT2D eigenvalue weighted by atomic mass is 16.5. The first kappa shape index (κ1) is 18.7. The van der Waals surface area contributed by atoms with Crippen molar-refractivity contribution in [3.8, 4) is 0 Å². The number of nitrogens with one attached hydrogen (secondary N) is 2. The summed E-state index contributed by atoms with van der Waals surface area (Å²) >= 11 is 0. The Morgan fingerprint density at radius 1 is 1.42 bits per heavy atom. The quantitative estimate of drug-likeness (QED) is 0.437. The van der Waals surface area contributed by atoms with E-state index >= 15 is 0 Å². The molecular weight excluding hydrogens is 304 g/mol. The van der Waals surface area contributed by atoms with Crippen molar-refractivity contribution in [2.45, 2.75) is 39.8 Å². The normalized spacial score (nSPS) is 19.5. The molecule has 0 amide bonds. The van der Waals surface area contributed by atoms with Crippen LogP contribution >= 0.6 is 0 Å². The lowest BCUT2D eigenvalue weighted by atomic mass is 10.3. The molecule has 0 aliphatic carbocycles. The van der Waals surface area contributed by atoms with E-state index in [4.69, 9.17) is 4.74 Å². The number of hydrogen-bond acceptors (Lipinski definition) is 4. The Labute approximate surface area is 145 Å². The molecule has 2 heterocycles. The molecule has 0 radical (unpaired) electrons. The Morgan fingerprint density at radius 2 is 2.25 bits per heavy atom. The van der Waals surface area contributed by atoms with Crippen LogP contribution in [0.5, 0.6) is 0 Å². The van der Waals surface area contributed by atoms with Gasteiger partial charge in [-0.15, -0.1) is 0 Å². The van der Waals surface area contributed by atoms with Crippen molar-refractivity contribution in [1.29, 1.82) is 0 Å². The molecule has 1 aromatic heterocycles. The van der Waals surface area contributed by atoms with Crippen molar-refractivity contribution >= 4 is 5.96 Å². The zero-order chi connectivity index (χ0) is 17.4. The summed E-state index contributed by atoms with van der Waals surface area (Å²) < 4.78 is 7.82. The highest BCUT2D eigenvalue weighted by molar-refractivity contribution is 5.79. The summed E-state index contributed by atoms with van der Waals surface area (Å²) in [7, 11) is 2.13. The molecule has 0 aromatic carbocycles. The number of guanidine groups is 1. The fraction of sp³-hybridized carbons (Fsp3) is 0.765. The lowest BCUT2D eigenvalue weighted by Gasteiger charge is -2.29.